The van der Waals surface area contributed by atoms with Crippen LogP contribution in [-0.2, 0) is 14.3 Å². The Bertz CT molecular complexity index is 643. The summed E-state index contributed by atoms with van der Waals surface area (Å²) in [6.45, 7) is 4.45. The molecule has 2 fully saturated rings. The van der Waals surface area contributed by atoms with Crippen LogP contribution in [0.25, 0.3) is 0 Å². The molecule has 1 aromatic rings. The van der Waals surface area contributed by atoms with Gasteiger partial charge in [0.25, 0.3) is 0 Å². The average Bonchev–Trinajstić information content (AvgIpc) is 3.10. The minimum Gasteiger partial charge on any atom is -0.493 e. The summed E-state index contributed by atoms with van der Waals surface area (Å²) in [5.41, 5.74) is 0. The zero-order valence-electron chi connectivity index (χ0n) is 16.9. The molecule has 0 bridgehead atoms. The molecule has 1 N–H and O–H groups in total. The number of rotatable bonds is 7. The van der Waals surface area contributed by atoms with Crippen molar-refractivity contribution < 1.29 is 19.1 Å². The number of nitrogens with zero attached hydrogens (tertiary/aromatic N) is 1. The van der Waals surface area contributed by atoms with Gasteiger partial charge >= 0.3 is 0 Å². The fourth-order valence-electron chi connectivity index (χ4n) is 4.29. The summed E-state index contributed by atoms with van der Waals surface area (Å²) in [4.78, 5) is 27.2. The van der Waals surface area contributed by atoms with Crippen LogP contribution in [0.2, 0.25) is 0 Å². The summed E-state index contributed by atoms with van der Waals surface area (Å²) in [6.07, 6.45) is 3.61. The fourth-order valence-corrected chi connectivity index (χ4v) is 4.29. The summed E-state index contributed by atoms with van der Waals surface area (Å²) in [5.74, 6) is 1.59. The average molecular weight is 389 g/mol. The SMILES string of the molecule is COCC(=O)N[C@@H]1C[C@H](COc2ccccc2)C[C@H]1C(=O)N1CCC(C)CC1. The molecule has 2 amide bonds. The molecule has 1 saturated carbocycles. The van der Waals surface area contributed by atoms with E-state index in [2.05, 4.69) is 12.2 Å². The zero-order valence-corrected chi connectivity index (χ0v) is 16.9. The summed E-state index contributed by atoms with van der Waals surface area (Å²) in [6, 6.07) is 9.56. The number of para-hydroxylation sites is 1. The number of amides is 2. The van der Waals surface area contributed by atoms with Crippen LogP contribution in [0.4, 0.5) is 0 Å². The molecule has 0 unspecified atom stereocenters. The maximum atomic E-state index is 13.2. The van der Waals surface area contributed by atoms with Crippen LogP contribution in [0.3, 0.4) is 0 Å². The van der Waals surface area contributed by atoms with Crippen molar-refractivity contribution in [2.45, 2.75) is 38.6 Å². The van der Waals surface area contributed by atoms with Gasteiger partial charge in [0.1, 0.15) is 12.4 Å². The lowest BCUT2D eigenvalue weighted by atomic mass is 9.95. The van der Waals surface area contributed by atoms with Gasteiger partial charge in [0.05, 0.1) is 12.5 Å². The second-order valence-electron chi connectivity index (χ2n) is 8.18. The quantitative estimate of drug-likeness (QED) is 0.779. The van der Waals surface area contributed by atoms with E-state index >= 15 is 0 Å². The lowest BCUT2D eigenvalue weighted by Gasteiger charge is -2.33. The van der Waals surface area contributed by atoms with Gasteiger partial charge in [0, 0.05) is 26.2 Å². The highest BCUT2D eigenvalue weighted by molar-refractivity contribution is 5.82. The zero-order chi connectivity index (χ0) is 19.9. The molecule has 1 saturated heterocycles. The first-order valence-corrected chi connectivity index (χ1v) is 10.3. The van der Waals surface area contributed by atoms with Crippen molar-refractivity contribution in [1.29, 1.82) is 0 Å². The van der Waals surface area contributed by atoms with Gasteiger partial charge < -0.3 is 19.7 Å². The van der Waals surface area contributed by atoms with E-state index in [0.29, 0.717) is 12.5 Å². The van der Waals surface area contributed by atoms with Crippen molar-refractivity contribution >= 4 is 11.8 Å². The predicted molar refractivity (Wildman–Crippen MR) is 107 cm³/mol. The molecule has 0 radical (unpaired) electrons. The molecule has 3 rings (SSSR count). The molecule has 1 heterocycles. The monoisotopic (exact) mass is 388 g/mol. The first kappa shape index (κ1) is 20.6. The van der Waals surface area contributed by atoms with Crippen molar-refractivity contribution in [3.05, 3.63) is 30.3 Å². The van der Waals surface area contributed by atoms with Crippen molar-refractivity contribution in [2.24, 2.45) is 17.8 Å². The Morgan fingerprint density at radius 2 is 1.86 bits per heavy atom. The van der Waals surface area contributed by atoms with Gasteiger partial charge in [0.15, 0.2) is 0 Å². The third kappa shape index (κ3) is 5.47. The summed E-state index contributed by atoms with van der Waals surface area (Å²) >= 11 is 0. The van der Waals surface area contributed by atoms with Crippen molar-refractivity contribution in [3.8, 4) is 5.75 Å². The Balaban J connectivity index is 1.62. The molecular formula is C22H32N2O4. The number of hydrogen-bond acceptors (Lipinski definition) is 4. The predicted octanol–water partition coefficient (Wildman–Crippen LogP) is 2.48. The number of carbonyl (C=O) groups is 2. The summed E-state index contributed by atoms with van der Waals surface area (Å²) in [7, 11) is 1.50. The van der Waals surface area contributed by atoms with Crippen LogP contribution in [0.1, 0.15) is 32.6 Å². The van der Waals surface area contributed by atoms with Crippen LogP contribution in [0, 0.1) is 17.8 Å². The second-order valence-corrected chi connectivity index (χ2v) is 8.18. The third-order valence-electron chi connectivity index (χ3n) is 5.92. The molecule has 6 nitrogen and oxygen atoms in total. The topological polar surface area (TPSA) is 67.9 Å². The van der Waals surface area contributed by atoms with Crippen LogP contribution in [0.5, 0.6) is 5.75 Å². The number of likely N-dealkylation sites (tertiary alicyclic amines) is 1. The van der Waals surface area contributed by atoms with Crippen LogP contribution in [0.15, 0.2) is 30.3 Å². The summed E-state index contributed by atoms with van der Waals surface area (Å²) in [5, 5.41) is 3.02. The number of benzene rings is 1. The van der Waals surface area contributed by atoms with Gasteiger partial charge in [0.2, 0.25) is 11.8 Å². The molecule has 154 valence electrons. The Labute approximate surface area is 167 Å². The Kier molecular flexibility index (Phi) is 7.31. The molecule has 1 aliphatic carbocycles. The first-order chi connectivity index (χ1) is 13.6. The molecule has 0 aromatic heterocycles. The minimum atomic E-state index is -0.182. The van der Waals surface area contributed by atoms with Gasteiger partial charge in [-0.2, -0.15) is 0 Å². The highest BCUT2D eigenvalue weighted by Gasteiger charge is 2.41. The number of hydrogen-bond donors (Lipinski definition) is 1. The molecule has 28 heavy (non-hydrogen) atoms. The van der Waals surface area contributed by atoms with E-state index < -0.39 is 0 Å². The number of nitrogens with one attached hydrogen (secondary N) is 1. The van der Waals surface area contributed by atoms with Gasteiger partial charge in [-0.3, -0.25) is 9.59 Å². The minimum absolute atomic E-state index is 0.0177. The number of piperidine rings is 1. The number of carbonyl (C=O) groups excluding carboxylic acids is 2. The normalized spacial score (nSPS) is 25.5. The number of ether oxygens (including phenoxy) is 2. The summed E-state index contributed by atoms with van der Waals surface area (Å²) < 4.78 is 10.9. The highest BCUT2D eigenvalue weighted by Crippen LogP contribution is 2.34. The van der Waals surface area contributed by atoms with Crippen LogP contribution < -0.4 is 10.1 Å². The first-order valence-electron chi connectivity index (χ1n) is 10.3. The fraction of sp³-hybridized carbons (Fsp3) is 0.636. The maximum absolute atomic E-state index is 13.2. The Hall–Kier alpha value is -2.08. The van der Waals surface area contributed by atoms with Crippen LogP contribution in [-0.4, -0.2) is 56.2 Å². The largest absolute Gasteiger partial charge is 0.493 e. The number of methoxy groups -OCH3 is 1. The van der Waals surface area contributed by atoms with E-state index in [0.717, 1.165) is 44.5 Å². The van der Waals surface area contributed by atoms with Crippen molar-refractivity contribution in [1.82, 2.24) is 10.2 Å². The Morgan fingerprint density at radius 1 is 1.14 bits per heavy atom. The smallest absolute Gasteiger partial charge is 0.246 e. The van der Waals surface area contributed by atoms with E-state index in [9.17, 15) is 9.59 Å². The molecule has 3 atom stereocenters. The van der Waals surface area contributed by atoms with E-state index in [1.54, 1.807) is 0 Å². The van der Waals surface area contributed by atoms with Gasteiger partial charge in [-0.05, 0) is 49.7 Å². The van der Waals surface area contributed by atoms with Gasteiger partial charge in [-0.1, -0.05) is 25.1 Å². The molecule has 1 aromatic carbocycles. The highest BCUT2D eigenvalue weighted by atomic mass is 16.5. The molecule has 1 aliphatic heterocycles. The Morgan fingerprint density at radius 3 is 2.54 bits per heavy atom. The van der Waals surface area contributed by atoms with E-state index in [4.69, 9.17) is 9.47 Å². The van der Waals surface area contributed by atoms with Crippen LogP contribution >= 0.6 is 0 Å². The molecular weight excluding hydrogens is 356 g/mol. The van der Waals surface area contributed by atoms with E-state index in [1.165, 1.54) is 7.11 Å². The van der Waals surface area contributed by atoms with Crippen molar-refractivity contribution in [2.75, 3.05) is 33.4 Å². The lowest BCUT2D eigenvalue weighted by Crippen LogP contribution is -2.48. The third-order valence-corrected chi connectivity index (χ3v) is 5.92. The maximum Gasteiger partial charge on any atom is 0.246 e. The molecule has 2 aliphatic rings. The van der Waals surface area contributed by atoms with E-state index in [1.807, 2.05) is 35.2 Å². The van der Waals surface area contributed by atoms with Gasteiger partial charge in [-0.15, -0.1) is 0 Å². The lowest BCUT2D eigenvalue weighted by molar-refractivity contribution is -0.138. The standard InChI is InChI=1S/C22H32N2O4/c1-16-8-10-24(11-9-16)22(26)19-12-17(13-20(19)23-21(25)15-27-2)14-28-18-6-4-3-5-7-18/h3-7,16-17,19-20H,8-15H2,1-2H3,(H,23,25)/t17-,19-,20-/m1/s1. The van der Waals surface area contributed by atoms with Gasteiger partial charge in [-0.25, -0.2) is 0 Å². The van der Waals surface area contributed by atoms with Crippen molar-refractivity contribution in [3.63, 3.8) is 0 Å². The second kappa shape index (κ2) is 9.92. The molecule has 6 heteroatoms. The van der Waals surface area contributed by atoms with E-state index in [-0.39, 0.29) is 36.3 Å². The molecule has 0 spiro atoms.